The molecular formula is C12H15FOS. The van der Waals surface area contributed by atoms with Gasteiger partial charge in [0.1, 0.15) is 5.82 Å². The summed E-state index contributed by atoms with van der Waals surface area (Å²) < 4.78 is 18.8. The van der Waals surface area contributed by atoms with Crippen LogP contribution in [0.3, 0.4) is 0 Å². The van der Waals surface area contributed by atoms with Gasteiger partial charge in [-0.2, -0.15) is 12.6 Å². The van der Waals surface area contributed by atoms with Crippen LogP contribution in [0.2, 0.25) is 0 Å². The normalized spacial score (nSPS) is 26.5. The lowest BCUT2D eigenvalue weighted by molar-refractivity contribution is 0.0594. The molecule has 1 aliphatic heterocycles. The van der Waals surface area contributed by atoms with Crippen LogP contribution in [0.15, 0.2) is 24.3 Å². The molecule has 2 rings (SSSR count). The molecule has 1 aromatic rings. The number of hydrogen-bond donors (Lipinski definition) is 1. The lowest BCUT2D eigenvalue weighted by atomic mass is 9.93. The molecule has 0 spiro atoms. The van der Waals surface area contributed by atoms with E-state index in [-0.39, 0.29) is 5.82 Å². The minimum absolute atomic E-state index is 0.122. The van der Waals surface area contributed by atoms with E-state index < -0.39 is 0 Å². The summed E-state index contributed by atoms with van der Waals surface area (Å²) in [6.45, 7) is 1.48. The highest BCUT2D eigenvalue weighted by atomic mass is 32.1. The third-order valence-electron chi connectivity index (χ3n) is 2.87. The molecule has 1 fully saturated rings. The van der Waals surface area contributed by atoms with E-state index in [1.54, 1.807) is 6.07 Å². The molecule has 1 saturated heterocycles. The summed E-state index contributed by atoms with van der Waals surface area (Å²) in [6.07, 6.45) is 1.68. The van der Waals surface area contributed by atoms with Gasteiger partial charge in [-0.05, 0) is 30.4 Å². The van der Waals surface area contributed by atoms with Crippen molar-refractivity contribution in [1.82, 2.24) is 0 Å². The van der Waals surface area contributed by atoms with E-state index in [2.05, 4.69) is 12.6 Å². The predicted molar refractivity (Wildman–Crippen MR) is 61.8 cm³/mol. The van der Waals surface area contributed by atoms with Crippen molar-refractivity contribution < 1.29 is 9.13 Å². The van der Waals surface area contributed by atoms with Gasteiger partial charge >= 0.3 is 0 Å². The average molecular weight is 226 g/mol. The Balaban J connectivity index is 2.04. The maximum absolute atomic E-state index is 13.4. The smallest absolute Gasteiger partial charge is 0.126 e. The zero-order chi connectivity index (χ0) is 10.7. The molecule has 0 bridgehead atoms. The summed E-state index contributed by atoms with van der Waals surface area (Å²) in [7, 11) is 0. The van der Waals surface area contributed by atoms with Crippen molar-refractivity contribution >= 4 is 12.6 Å². The highest BCUT2D eigenvalue weighted by molar-refractivity contribution is 7.81. The fraction of sp³-hybridized carbons (Fsp3) is 0.500. The molecule has 0 N–H and O–H groups in total. The van der Waals surface area contributed by atoms with Gasteiger partial charge in [0.2, 0.25) is 0 Å². The number of thiol groups is 1. The molecule has 0 aromatic heterocycles. The molecule has 1 aromatic carbocycles. The SMILES string of the molecule is Fc1ccccc1C[C@@H]1COCC[C@H]1S. The third kappa shape index (κ3) is 2.73. The second kappa shape index (κ2) is 4.99. The molecule has 1 nitrogen and oxygen atoms in total. The molecule has 0 saturated carbocycles. The lowest BCUT2D eigenvalue weighted by Crippen LogP contribution is -2.30. The second-order valence-electron chi connectivity index (χ2n) is 3.99. The minimum atomic E-state index is -0.122. The summed E-state index contributed by atoms with van der Waals surface area (Å²) in [5, 5.41) is 0.332. The summed E-state index contributed by atoms with van der Waals surface area (Å²) in [4.78, 5) is 0. The first-order chi connectivity index (χ1) is 7.27. The Morgan fingerprint density at radius 2 is 2.20 bits per heavy atom. The first kappa shape index (κ1) is 11.0. The molecule has 0 amide bonds. The second-order valence-corrected chi connectivity index (χ2v) is 4.65. The van der Waals surface area contributed by atoms with Crippen molar-refractivity contribution in [1.29, 1.82) is 0 Å². The van der Waals surface area contributed by atoms with Gasteiger partial charge in [0.05, 0.1) is 6.61 Å². The van der Waals surface area contributed by atoms with E-state index in [0.717, 1.165) is 25.0 Å². The van der Waals surface area contributed by atoms with Crippen LogP contribution in [0.4, 0.5) is 4.39 Å². The first-order valence-corrected chi connectivity index (χ1v) is 5.78. The molecule has 0 radical (unpaired) electrons. The Hall–Kier alpha value is -0.540. The predicted octanol–water partition coefficient (Wildman–Crippen LogP) is 2.70. The van der Waals surface area contributed by atoms with Gasteiger partial charge in [0, 0.05) is 11.9 Å². The largest absolute Gasteiger partial charge is 0.381 e. The van der Waals surface area contributed by atoms with Gasteiger partial charge in [0.15, 0.2) is 0 Å². The van der Waals surface area contributed by atoms with Gasteiger partial charge in [0.25, 0.3) is 0 Å². The van der Waals surface area contributed by atoms with Crippen LogP contribution < -0.4 is 0 Å². The van der Waals surface area contributed by atoms with E-state index in [4.69, 9.17) is 4.74 Å². The van der Waals surface area contributed by atoms with Crippen LogP contribution in [-0.4, -0.2) is 18.5 Å². The van der Waals surface area contributed by atoms with Crippen molar-refractivity contribution in [3.05, 3.63) is 35.6 Å². The van der Waals surface area contributed by atoms with Crippen LogP contribution in [0.5, 0.6) is 0 Å². The molecule has 0 unspecified atom stereocenters. The molecule has 1 aliphatic rings. The van der Waals surface area contributed by atoms with Gasteiger partial charge < -0.3 is 4.74 Å². The van der Waals surface area contributed by atoms with Gasteiger partial charge in [-0.1, -0.05) is 18.2 Å². The quantitative estimate of drug-likeness (QED) is 0.763. The van der Waals surface area contributed by atoms with Gasteiger partial charge in [-0.3, -0.25) is 0 Å². The highest BCUT2D eigenvalue weighted by Gasteiger charge is 2.23. The first-order valence-electron chi connectivity index (χ1n) is 5.26. The molecule has 82 valence electrons. The fourth-order valence-electron chi connectivity index (χ4n) is 1.93. The molecular weight excluding hydrogens is 211 g/mol. The topological polar surface area (TPSA) is 9.23 Å². The van der Waals surface area contributed by atoms with Crippen LogP contribution in [0, 0.1) is 11.7 Å². The number of rotatable bonds is 2. The zero-order valence-electron chi connectivity index (χ0n) is 8.53. The number of hydrogen-bond acceptors (Lipinski definition) is 2. The van der Waals surface area contributed by atoms with Crippen LogP contribution >= 0.6 is 12.6 Å². The molecule has 15 heavy (non-hydrogen) atoms. The maximum Gasteiger partial charge on any atom is 0.126 e. The van der Waals surface area contributed by atoms with E-state index in [1.807, 2.05) is 12.1 Å². The van der Waals surface area contributed by atoms with Crippen molar-refractivity contribution in [3.63, 3.8) is 0 Å². The summed E-state index contributed by atoms with van der Waals surface area (Å²) in [5.41, 5.74) is 0.770. The zero-order valence-corrected chi connectivity index (χ0v) is 9.42. The maximum atomic E-state index is 13.4. The summed E-state index contributed by atoms with van der Waals surface area (Å²) >= 11 is 4.52. The van der Waals surface area contributed by atoms with E-state index >= 15 is 0 Å². The monoisotopic (exact) mass is 226 g/mol. The van der Waals surface area contributed by atoms with Crippen molar-refractivity contribution in [3.8, 4) is 0 Å². The van der Waals surface area contributed by atoms with Crippen molar-refractivity contribution in [2.24, 2.45) is 5.92 Å². The standard InChI is InChI=1S/C12H15FOS/c13-11-4-2-1-3-9(11)7-10-8-14-6-5-12(10)15/h1-4,10,12,15H,5-8H2/t10-,12-/m1/s1. The fourth-order valence-corrected chi connectivity index (χ4v) is 2.22. The number of halogens is 1. The van der Waals surface area contributed by atoms with Crippen LogP contribution in [0.25, 0.3) is 0 Å². The Bertz CT molecular complexity index is 329. The van der Waals surface area contributed by atoms with E-state index in [0.29, 0.717) is 17.8 Å². The Morgan fingerprint density at radius 1 is 1.40 bits per heavy atom. The van der Waals surface area contributed by atoms with Crippen LogP contribution in [0.1, 0.15) is 12.0 Å². The molecule has 2 atom stereocenters. The number of benzene rings is 1. The van der Waals surface area contributed by atoms with Gasteiger partial charge in [-0.15, -0.1) is 0 Å². The van der Waals surface area contributed by atoms with Crippen LogP contribution in [-0.2, 0) is 11.2 Å². The molecule has 0 aliphatic carbocycles. The summed E-state index contributed by atoms with van der Waals surface area (Å²) in [6, 6.07) is 6.93. The van der Waals surface area contributed by atoms with E-state index in [9.17, 15) is 4.39 Å². The van der Waals surface area contributed by atoms with Crippen molar-refractivity contribution in [2.75, 3.05) is 13.2 Å². The third-order valence-corrected chi connectivity index (χ3v) is 3.55. The molecule has 3 heteroatoms. The Morgan fingerprint density at radius 3 is 2.93 bits per heavy atom. The van der Waals surface area contributed by atoms with E-state index in [1.165, 1.54) is 6.07 Å². The highest BCUT2D eigenvalue weighted by Crippen LogP contribution is 2.24. The lowest BCUT2D eigenvalue weighted by Gasteiger charge is -2.28. The summed E-state index contributed by atoms with van der Waals surface area (Å²) in [5.74, 6) is 0.211. The number of ether oxygens (including phenoxy) is 1. The minimum Gasteiger partial charge on any atom is -0.381 e. The molecule has 1 heterocycles. The van der Waals surface area contributed by atoms with Gasteiger partial charge in [-0.25, -0.2) is 4.39 Å². The Kier molecular flexibility index (Phi) is 3.65. The van der Waals surface area contributed by atoms with Crippen molar-refractivity contribution in [2.45, 2.75) is 18.1 Å². The average Bonchev–Trinajstić information content (AvgIpc) is 2.24. The Labute approximate surface area is 95.0 Å².